The lowest BCUT2D eigenvalue weighted by Crippen LogP contribution is -2.26. The van der Waals surface area contributed by atoms with Crippen molar-refractivity contribution < 1.29 is 4.39 Å². The molecule has 0 radical (unpaired) electrons. The molecule has 1 aromatic rings. The summed E-state index contributed by atoms with van der Waals surface area (Å²) in [5.74, 6) is 1.28. The van der Waals surface area contributed by atoms with Gasteiger partial charge in [0.05, 0.1) is 0 Å². The average molecular weight is 297 g/mol. The minimum absolute atomic E-state index is 0.159. The third kappa shape index (κ3) is 3.22. The van der Waals surface area contributed by atoms with Crippen LogP contribution in [0, 0.1) is 17.7 Å². The van der Waals surface area contributed by atoms with Gasteiger partial charge in [0, 0.05) is 5.92 Å². The van der Waals surface area contributed by atoms with E-state index >= 15 is 0 Å². The Balaban J connectivity index is 1.81. The van der Waals surface area contributed by atoms with Crippen LogP contribution in [0.2, 0.25) is 0 Å². The van der Waals surface area contributed by atoms with Gasteiger partial charge in [-0.15, -0.1) is 0 Å². The maximum absolute atomic E-state index is 13.2. The van der Waals surface area contributed by atoms with Gasteiger partial charge in [-0.05, 0) is 61.8 Å². The van der Waals surface area contributed by atoms with Crippen LogP contribution in [0.5, 0.6) is 0 Å². The Morgan fingerprint density at radius 1 is 1.05 bits per heavy atom. The minimum Gasteiger partial charge on any atom is -0.330 e. The molecule has 116 valence electrons. The van der Waals surface area contributed by atoms with Crippen LogP contribution in [0.3, 0.4) is 0 Å². The quantitative estimate of drug-likeness (QED) is 0.617. The minimum atomic E-state index is -0.159. The van der Waals surface area contributed by atoms with E-state index in [9.17, 15) is 4.39 Å². The standard InChI is InChI=1S/C20H24FN/c21-17-11-8-16(9-12-17)19-13-10-15(5-3-4-14-22)18-6-1-2-7-20(18)19/h1-2,6-12,18-20H,3-5,13-14,22H2. The highest BCUT2D eigenvalue weighted by Crippen LogP contribution is 2.45. The molecule has 2 N–H and O–H groups in total. The van der Waals surface area contributed by atoms with Crippen molar-refractivity contribution in [1.29, 1.82) is 0 Å². The third-order valence-corrected chi connectivity index (χ3v) is 4.92. The van der Waals surface area contributed by atoms with Crippen LogP contribution in [0.4, 0.5) is 4.39 Å². The van der Waals surface area contributed by atoms with Crippen molar-refractivity contribution in [2.75, 3.05) is 6.54 Å². The first kappa shape index (κ1) is 15.2. The lowest BCUT2D eigenvalue weighted by Gasteiger charge is -2.37. The molecule has 3 rings (SSSR count). The molecule has 22 heavy (non-hydrogen) atoms. The van der Waals surface area contributed by atoms with Crippen molar-refractivity contribution in [3.63, 3.8) is 0 Å². The van der Waals surface area contributed by atoms with E-state index in [1.54, 1.807) is 17.7 Å². The highest BCUT2D eigenvalue weighted by molar-refractivity contribution is 5.34. The van der Waals surface area contributed by atoms with E-state index in [1.165, 1.54) is 12.0 Å². The highest BCUT2D eigenvalue weighted by Gasteiger charge is 2.33. The van der Waals surface area contributed by atoms with Crippen LogP contribution in [-0.2, 0) is 0 Å². The molecular weight excluding hydrogens is 273 g/mol. The van der Waals surface area contributed by atoms with Crippen molar-refractivity contribution in [1.82, 2.24) is 0 Å². The van der Waals surface area contributed by atoms with Gasteiger partial charge in [-0.25, -0.2) is 4.39 Å². The zero-order valence-electron chi connectivity index (χ0n) is 12.9. The normalized spacial score (nSPS) is 26.6. The topological polar surface area (TPSA) is 26.0 Å². The molecule has 2 heteroatoms. The largest absolute Gasteiger partial charge is 0.330 e. The Bertz CT molecular complexity index is 582. The molecule has 0 heterocycles. The molecule has 0 fully saturated rings. The average Bonchev–Trinajstić information content (AvgIpc) is 2.56. The zero-order chi connectivity index (χ0) is 15.4. The van der Waals surface area contributed by atoms with Gasteiger partial charge >= 0.3 is 0 Å². The van der Waals surface area contributed by atoms with Gasteiger partial charge in [-0.1, -0.05) is 48.1 Å². The predicted molar refractivity (Wildman–Crippen MR) is 90.0 cm³/mol. The zero-order valence-corrected chi connectivity index (χ0v) is 12.9. The number of benzene rings is 1. The smallest absolute Gasteiger partial charge is 0.123 e. The van der Waals surface area contributed by atoms with Crippen molar-refractivity contribution in [3.05, 3.63) is 71.6 Å². The van der Waals surface area contributed by atoms with Crippen LogP contribution in [0.25, 0.3) is 0 Å². The monoisotopic (exact) mass is 297 g/mol. The number of fused-ring (bicyclic) bond motifs is 1. The van der Waals surface area contributed by atoms with Gasteiger partial charge < -0.3 is 5.73 Å². The van der Waals surface area contributed by atoms with Crippen molar-refractivity contribution >= 4 is 0 Å². The fraction of sp³-hybridized carbons (Fsp3) is 0.400. The van der Waals surface area contributed by atoms with Gasteiger partial charge in [0.15, 0.2) is 0 Å². The van der Waals surface area contributed by atoms with E-state index in [1.807, 2.05) is 12.1 Å². The maximum atomic E-state index is 13.2. The molecule has 0 bridgehead atoms. The lowest BCUT2D eigenvalue weighted by atomic mass is 9.67. The summed E-state index contributed by atoms with van der Waals surface area (Å²) in [4.78, 5) is 0. The summed E-state index contributed by atoms with van der Waals surface area (Å²) in [7, 11) is 0. The van der Waals surface area contributed by atoms with E-state index in [4.69, 9.17) is 5.73 Å². The molecule has 0 saturated carbocycles. The lowest BCUT2D eigenvalue weighted by molar-refractivity contribution is 0.396. The van der Waals surface area contributed by atoms with Gasteiger partial charge in [0.25, 0.3) is 0 Å². The molecule has 3 atom stereocenters. The first-order valence-electron chi connectivity index (χ1n) is 8.29. The maximum Gasteiger partial charge on any atom is 0.123 e. The molecule has 2 aliphatic carbocycles. The Kier molecular flexibility index (Phi) is 4.89. The molecule has 0 aliphatic heterocycles. The number of allylic oxidation sites excluding steroid dienone is 6. The van der Waals surface area contributed by atoms with Crippen LogP contribution < -0.4 is 5.73 Å². The van der Waals surface area contributed by atoms with E-state index in [-0.39, 0.29) is 5.82 Å². The number of unbranched alkanes of at least 4 members (excludes halogenated alkanes) is 1. The second-order valence-electron chi connectivity index (χ2n) is 6.29. The third-order valence-electron chi connectivity index (χ3n) is 4.92. The fourth-order valence-electron chi connectivity index (χ4n) is 3.76. The fourth-order valence-corrected chi connectivity index (χ4v) is 3.76. The summed E-state index contributed by atoms with van der Waals surface area (Å²) >= 11 is 0. The first-order valence-corrected chi connectivity index (χ1v) is 8.29. The molecule has 0 saturated heterocycles. The predicted octanol–water partition coefficient (Wildman–Crippen LogP) is 4.73. The van der Waals surface area contributed by atoms with Gasteiger partial charge in [-0.2, -0.15) is 0 Å². The van der Waals surface area contributed by atoms with Crippen LogP contribution in [0.1, 0.15) is 37.2 Å². The molecular formula is C20H24FN. The second kappa shape index (κ2) is 7.06. The molecule has 3 unspecified atom stereocenters. The van der Waals surface area contributed by atoms with E-state index in [0.29, 0.717) is 17.8 Å². The second-order valence-corrected chi connectivity index (χ2v) is 6.29. The SMILES string of the molecule is NCCCCC1=CCC(c2ccc(F)cc2)C2C=CC=CC12. The Hall–Kier alpha value is -1.67. The molecule has 0 aromatic heterocycles. The van der Waals surface area contributed by atoms with Crippen LogP contribution >= 0.6 is 0 Å². The Labute approximate surface area is 132 Å². The van der Waals surface area contributed by atoms with Crippen molar-refractivity contribution in [2.24, 2.45) is 17.6 Å². The van der Waals surface area contributed by atoms with Crippen molar-refractivity contribution in [3.8, 4) is 0 Å². The number of nitrogens with two attached hydrogens (primary N) is 1. The molecule has 1 aromatic carbocycles. The van der Waals surface area contributed by atoms with Gasteiger partial charge in [-0.3, -0.25) is 0 Å². The molecule has 1 nitrogen and oxygen atoms in total. The van der Waals surface area contributed by atoms with E-state index in [0.717, 1.165) is 25.8 Å². The van der Waals surface area contributed by atoms with E-state index < -0.39 is 0 Å². The number of hydrogen-bond acceptors (Lipinski definition) is 1. The molecule has 0 spiro atoms. The van der Waals surface area contributed by atoms with Crippen LogP contribution in [0.15, 0.2) is 60.2 Å². The van der Waals surface area contributed by atoms with Gasteiger partial charge in [0.2, 0.25) is 0 Å². The van der Waals surface area contributed by atoms with E-state index in [2.05, 4.69) is 30.4 Å². The Morgan fingerprint density at radius 2 is 1.82 bits per heavy atom. The number of hydrogen-bond donors (Lipinski definition) is 1. The Morgan fingerprint density at radius 3 is 2.59 bits per heavy atom. The summed E-state index contributed by atoms with van der Waals surface area (Å²) in [5, 5.41) is 0. The molecule has 2 aliphatic rings. The first-order chi connectivity index (χ1) is 10.8. The summed E-state index contributed by atoms with van der Waals surface area (Å²) in [6, 6.07) is 7.04. The summed E-state index contributed by atoms with van der Waals surface area (Å²) in [6.07, 6.45) is 15.8. The van der Waals surface area contributed by atoms with Crippen LogP contribution in [-0.4, -0.2) is 6.54 Å². The van der Waals surface area contributed by atoms with Gasteiger partial charge in [0.1, 0.15) is 5.82 Å². The summed E-state index contributed by atoms with van der Waals surface area (Å²) < 4.78 is 13.2. The highest BCUT2D eigenvalue weighted by atomic mass is 19.1. The number of rotatable bonds is 5. The number of halogens is 1. The summed E-state index contributed by atoms with van der Waals surface area (Å²) in [6.45, 7) is 0.773. The molecule has 0 amide bonds. The van der Waals surface area contributed by atoms with Crippen molar-refractivity contribution in [2.45, 2.75) is 31.6 Å². The summed E-state index contributed by atoms with van der Waals surface area (Å²) in [5.41, 5.74) is 8.41.